The number of halogens is 2. The SMILES string of the molecule is CNC1CCN(C(=O)c2cccc(NC(=O)c3ccc4nc[nH]c4c3)c2)CC1.Cl.Cl. The third kappa shape index (κ3) is 5.11. The fourth-order valence-electron chi connectivity index (χ4n) is 3.56. The monoisotopic (exact) mass is 449 g/mol. The van der Waals surface area contributed by atoms with E-state index in [-0.39, 0.29) is 36.6 Å². The second-order valence-corrected chi connectivity index (χ2v) is 7.02. The molecule has 9 heteroatoms. The zero-order valence-corrected chi connectivity index (χ0v) is 18.2. The number of anilines is 1. The molecular formula is C21H25Cl2N5O2. The summed E-state index contributed by atoms with van der Waals surface area (Å²) in [7, 11) is 1.96. The Kier molecular flexibility index (Phi) is 8.23. The number of piperidine rings is 1. The standard InChI is InChI=1S/C21H23N5O2.2ClH/c1-22-16-7-9-26(10-8-16)21(28)15-3-2-4-17(11-15)25-20(27)14-5-6-18-19(12-14)24-13-23-18;;/h2-6,11-13,16,22H,7-10H2,1H3,(H,23,24)(H,25,27);2*1H. The maximum atomic E-state index is 12.8. The number of nitrogens with one attached hydrogen (secondary N) is 3. The number of aromatic nitrogens is 2. The van der Waals surface area contributed by atoms with Gasteiger partial charge < -0.3 is 20.5 Å². The minimum atomic E-state index is -0.226. The van der Waals surface area contributed by atoms with Crippen molar-refractivity contribution in [2.24, 2.45) is 0 Å². The summed E-state index contributed by atoms with van der Waals surface area (Å²) in [6.07, 6.45) is 3.50. The van der Waals surface area contributed by atoms with E-state index >= 15 is 0 Å². The van der Waals surface area contributed by atoms with Gasteiger partial charge in [-0.15, -0.1) is 24.8 Å². The number of fused-ring (bicyclic) bond motifs is 1. The molecular weight excluding hydrogens is 425 g/mol. The molecule has 1 fully saturated rings. The van der Waals surface area contributed by atoms with E-state index in [4.69, 9.17) is 0 Å². The molecule has 7 nitrogen and oxygen atoms in total. The van der Waals surface area contributed by atoms with Crippen LogP contribution in [0, 0.1) is 0 Å². The molecule has 2 aromatic carbocycles. The number of carbonyl (C=O) groups is 2. The van der Waals surface area contributed by atoms with Crippen LogP contribution >= 0.6 is 24.8 Å². The predicted octanol–water partition coefficient (Wildman–Crippen LogP) is 3.48. The quantitative estimate of drug-likeness (QED) is 0.568. The van der Waals surface area contributed by atoms with E-state index in [2.05, 4.69) is 20.6 Å². The highest BCUT2D eigenvalue weighted by Gasteiger charge is 2.23. The summed E-state index contributed by atoms with van der Waals surface area (Å²) in [4.78, 5) is 34.4. The van der Waals surface area contributed by atoms with Crippen molar-refractivity contribution in [3.05, 3.63) is 59.9 Å². The fourth-order valence-corrected chi connectivity index (χ4v) is 3.56. The summed E-state index contributed by atoms with van der Waals surface area (Å²) < 4.78 is 0. The second-order valence-electron chi connectivity index (χ2n) is 7.02. The Morgan fingerprint density at radius 3 is 2.57 bits per heavy atom. The summed E-state index contributed by atoms with van der Waals surface area (Å²) in [6.45, 7) is 1.48. The Labute approximate surface area is 187 Å². The summed E-state index contributed by atoms with van der Waals surface area (Å²) in [5, 5.41) is 6.14. The minimum Gasteiger partial charge on any atom is -0.345 e. The van der Waals surface area contributed by atoms with E-state index in [0.29, 0.717) is 22.9 Å². The molecule has 0 saturated carbocycles. The number of H-pyrrole nitrogens is 1. The van der Waals surface area contributed by atoms with Gasteiger partial charge in [0.15, 0.2) is 0 Å². The average molecular weight is 450 g/mol. The van der Waals surface area contributed by atoms with Gasteiger partial charge in [0.2, 0.25) is 0 Å². The number of hydrogen-bond donors (Lipinski definition) is 3. The molecule has 0 aliphatic carbocycles. The van der Waals surface area contributed by atoms with E-state index in [1.165, 1.54) is 0 Å². The molecule has 0 unspecified atom stereocenters. The minimum absolute atomic E-state index is 0. The van der Waals surface area contributed by atoms with Crippen molar-refractivity contribution < 1.29 is 9.59 Å². The van der Waals surface area contributed by atoms with Crippen LogP contribution in [0.25, 0.3) is 11.0 Å². The fraction of sp³-hybridized carbons (Fsp3) is 0.286. The van der Waals surface area contributed by atoms with Crippen LogP contribution in [0.2, 0.25) is 0 Å². The third-order valence-corrected chi connectivity index (χ3v) is 5.24. The molecule has 1 aliphatic rings. The number of hydrogen-bond acceptors (Lipinski definition) is 4. The molecule has 160 valence electrons. The summed E-state index contributed by atoms with van der Waals surface area (Å²) in [5.74, 6) is -0.222. The number of amides is 2. The first kappa shape index (κ1) is 23.7. The van der Waals surface area contributed by atoms with Crippen LogP contribution in [0.3, 0.4) is 0 Å². The van der Waals surface area contributed by atoms with Crippen LogP contribution in [0.1, 0.15) is 33.6 Å². The third-order valence-electron chi connectivity index (χ3n) is 5.24. The van der Waals surface area contributed by atoms with Gasteiger partial charge in [0.05, 0.1) is 17.4 Å². The van der Waals surface area contributed by atoms with Gasteiger partial charge in [-0.05, 0) is 56.3 Å². The van der Waals surface area contributed by atoms with E-state index in [1.807, 2.05) is 11.9 Å². The average Bonchev–Trinajstić information content (AvgIpc) is 3.21. The first-order valence-corrected chi connectivity index (χ1v) is 9.45. The summed E-state index contributed by atoms with van der Waals surface area (Å²) in [5.41, 5.74) is 3.34. The Morgan fingerprint density at radius 1 is 1.07 bits per heavy atom. The van der Waals surface area contributed by atoms with Gasteiger partial charge in [-0.25, -0.2) is 4.98 Å². The van der Waals surface area contributed by atoms with Gasteiger partial charge >= 0.3 is 0 Å². The lowest BCUT2D eigenvalue weighted by Gasteiger charge is -2.32. The summed E-state index contributed by atoms with van der Waals surface area (Å²) >= 11 is 0. The molecule has 1 aliphatic heterocycles. The maximum Gasteiger partial charge on any atom is 0.255 e. The van der Waals surface area contributed by atoms with Gasteiger partial charge in [-0.3, -0.25) is 9.59 Å². The number of likely N-dealkylation sites (tertiary alicyclic amines) is 1. The van der Waals surface area contributed by atoms with Crippen molar-refractivity contribution in [3.8, 4) is 0 Å². The van der Waals surface area contributed by atoms with E-state index in [1.54, 1.807) is 48.8 Å². The van der Waals surface area contributed by atoms with Crippen molar-refractivity contribution in [2.75, 3.05) is 25.5 Å². The molecule has 0 spiro atoms. The van der Waals surface area contributed by atoms with Gasteiger partial charge in [0.1, 0.15) is 0 Å². The molecule has 30 heavy (non-hydrogen) atoms. The van der Waals surface area contributed by atoms with Crippen LogP contribution in [0.5, 0.6) is 0 Å². The molecule has 0 radical (unpaired) electrons. The first-order valence-electron chi connectivity index (χ1n) is 9.45. The molecule has 3 aromatic rings. The lowest BCUT2D eigenvalue weighted by molar-refractivity contribution is 0.0707. The topological polar surface area (TPSA) is 90.1 Å². The summed E-state index contributed by atoms with van der Waals surface area (Å²) in [6, 6.07) is 12.9. The Morgan fingerprint density at radius 2 is 1.83 bits per heavy atom. The molecule has 1 saturated heterocycles. The molecule has 2 heterocycles. The van der Waals surface area contributed by atoms with Gasteiger partial charge in [0.25, 0.3) is 11.8 Å². The molecule has 3 N–H and O–H groups in total. The van der Waals surface area contributed by atoms with Crippen LogP contribution < -0.4 is 10.6 Å². The Hall–Kier alpha value is -2.61. The highest BCUT2D eigenvalue weighted by molar-refractivity contribution is 6.06. The van der Waals surface area contributed by atoms with E-state index in [9.17, 15) is 9.59 Å². The van der Waals surface area contributed by atoms with Gasteiger partial charge in [-0.1, -0.05) is 6.07 Å². The molecule has 0 atom stereocenters. The van der Waals surface area contributed by atoms with E-state index < -0.39 is 0 Å². The maximum absolute atomic E-state index is 12.8. The van der Waals surface area contributed by atoms with Crippen LogP contribution in [-0.2, 0) is 0 Å². The van der Waals surface area contributed by atoms with Crippen LogP contribution in [-0.4, -0.2) is 52.9 Å². The highest BCUT2D eigenvalue weighted by Crippen LogP contribution is 2.18. The normalized spacial score (nSPS) is 14.0. The number of nitrogens with zero attached hydrogens (tertiary/aromatic N) is 2. The molecule has 4 rings (SSSR count). The van der Waals surface area contributed by atoms with Gasteiger partial charge in [0, 0.05) is 35.9 Å². The molecule has 0 bridgehead atoms. The molecule has 2 amide bonds. The lowest BCUT2D eigenvalue weighted by Crippen LogP contribution is -2.43. The molecule has 1 aromatic heterocycles. The van der Waals surface area contributed by atoms with Gasteiger partial charge in [-0.2, -0.15) is 0 Å². The predicted molar refractivity (Wildman–Crippen MR) is 123 cm³/mol. The number of aromatic amines is 1. The smallest absolute Gasteiger partial charge is 0.255 e. The van der Waals surface area contributed by atoms with Crippen molar-refractivity contribution in [1.82, 2.24) is 20.2 Å². The van der Waals surface area contributed by atoms with Crippen molar-refractivity contribution >= 4 is 53.3 Å². The second kappa shape index (κ2) is 10.4. The van der Waals surface area contributed by atoms with Crippen molar-refractivity contribution in [1.29, 1.82) is 0 Å². The van der Waals surface area contributed by atoms with Crippen LogP contribution in [0.15, 0.2) is 48.8 Å². The first-order chi connectivity index (χ1) is 13.6. The van der Waals surface area contributed by atoms with Crippen molar-refractivity contribution in [2.45, 2.75) is 18.9 Å². The zero-order valence-electron chi connectivity index (χ0n) is 16.6. The number of rotatable bonds is 4. The number of benzene rings is 2. The lowest BCUT2D eigenvalue weighted by atomic mass is 10.0. The Bertz CT molecular complexity index is 1020. The van der Waals surface area contributed by atoms with E-state index in [0.717, 1.165) is 37.0 Å². The Balaban J connectivity index is 0.00000160. The number of imidazole rings is 1. The van der Waals surface area contributed by atoms with Crippen LogP contribution in [0.4, 0.5) is 5.69 Å². The number of carbonyl (C=O) groups excluding carboxylic acids is 2. The van der Waals surface area contributed by atoms with Crippen molar-refractivity contribution in [3.63, 3.8) is 0 Å². The highest BCUT2D eigenvalue weighted by atomic mass is 35.5. The zero-order chi connectivity index (χ0) is 19.5. The largest absolute Gasteiger partial charge is 0.345 e.